The minimum Gasteiger partial charge on any atom is -0.324 e. The van der Waals surface area contributed by atoms with Gasteiger partial charge in [-0.05, 0) is 31.3 Å². The molecule has 1 amide bonds. The van der Waals surface area contributed by atoms with Crippen molar-refractivity contribution in [3.63, 3.8) is 0 Å². The van der Waals surface area contributed by atoms with Gasteiger partial charge in [-0.25, -0.2) is 0 Å². The first-order valence-electron chi connectivity index (χ1n) is 6.70. The van der Waals surface area contributed by atoms with Gasteiger partial charge >= 0.3 is 0 Å². The van der Waals surface area contributed by atoms with Crippen molar-refractivity contribution in [2.75, 3.05) is 18.9 Å². The van der Waals surface area contributed by atoms with Gasteiger partial charge in [-0.1, -0.05) is 35.5 Å². The van der Waals surface area contributed by atoms with E-state index in [-0.39, 0.29) is 12.5 Å². The van der Waals surface area contributed by atoms with E-state index in [0.29, 0.717) is 33.2 Å². The van der Waals surface area contributed by atoms with E-state index in [1.54, 1.807) is 24.3 Å². The van der Waals surface area contributed by atoms with Gasteiger partial charge in [0.05, 0.1) is 16.6 Å². The number of amides is 1. The lowest BCUT2D eigenvalue weighted by molar-refractivity contribution is -0.117. The molecule has 0 saturated heterocycles. The van der Waals surface area contributed by atoms with Crippen LogP contribution in [0.2, 0.25) is 4.34 Å². The Morgan fingerprint density at radius 2 is 2.09 bits per heavy atom. The van der Waals surface area contributed by atoms with Gasteiger partial charge in [0, 0.05) is 16.3 Å². The quantitative estimate of drug-likeness (QED) is 0.705. The molecular weight excluding hydrogens is 362 g/mol. The Balaban J connectivity index is 1.91. The Hall–Kier alpha value is -1.15. The average Bonchev–Trinajstić information content (AvgIpc) is 2.85. The summed E-state index contributed by atoms with van der Waals surface area (Å²) in [6.07, 6.45) is 0. The third-order valence-electron chi connectivity index (χ3n) is 2.85. The summed E-state index contributed by atoms with van der Waals surface area (Å²) in [4.78, 5) is 15.3. The first-order valence-corrected chi connectivity index (χ1v) is 8.78. The van der Waals surface area contributed by atoms with Gasteiger partial charge in [0.25, 0.3) is 5.76 Å². The van der Waals surface area contributed by atoms with E-state index in [0.717, 1.165) is 4.88 Å². The van der Waals surface area contributed by atoms with E-state index in [4.69, 9.17) is 11.6 Å². The second-order valence-electron chi connectivity index (χ2n) is 4.80. The Morgan fingerprint density at radius 3 is 2.74 bits per heavy atom. The van der Waals surface area contributed by atoms with Crippen molar-refractivity contribution in [3.05, 3.63) is 45.6 Å². The summed E-state index contributed by atoms with van der Waals surface area (Å²) in [5.74, 6) is -2.78. The molecule has 0 radical (unpaired) electrons. The molecular formula is C15H15ClF2N2OS2. The van der Waals surface area contributed by atoms with Gasteiger partial charge in [-0.3, -0.25) is 9.69 Å². The van der Waals surface area contributed by atoms with Crippen LogP contribution in [0.5, 0.6) is 0 Å². The summed E-state index contributed by atoms with van der Waals surface area (Å²) in [6, 6.07) is 10.3. The Kier molecular flexibility index (Phi) is 6.83. The fraction of sp³-hybridized carbons (Fsp3) is 0.267. The van der Waals surface area contributed by atoms with Crippen molar-refractivity contribution in [1.29, 1.82) is 0 Å². The fourth-order valence-electron chi connectivity index (χ4n) is 1.96. The number of benzene rings is 1. The molecule has 0 aliphatic rings. The van der Waals surface area contributed by atoms with Crippen LogP contribution < -0.4 is 5.32 Å². The number of para-hydroxylation sites is 1. The number of anilines is 1. The number of likely N-dealkylation sites (N-methyl/N-ethyl adjacent to an activating group) is 1. The first-order chi connectivity index (χ1) is 10.9. The van der Waals surface area contributed by atoms with E-state index in [2.05, 4.69) is 5.32 Å². The second-order valence-corrected chi connectivity index (χ2v) is 7.63. The van der Waals surface area contributed by atoms with Crippen LogP contribution in [0, 0.1) is 0 Å². The number of thiophene rings is 1. The molecule has 0 unspecified atom stereocenters. The molecule has 1 heterocycles. The van der Waals surface area contributed by atoms with Crippen LogP contribution in [0.15, 0.2) is 41.3 Å². The maximum absolute atomic E-state index is 12.5. The number of alkyl halides is 2. The number of hydrogen-bond acceptors (Lipinski definition) is 4. The largest absolute Gasteiger partial charge is 0.324 e. The zero-order valence-corrected chi connectivity index (χ0v) is 14.7. The molecule has 2 aromatic rings. The van der Waals surface area contributed by atoms with Gasteiger partial charge < -0.3 is 5.32 Å². The van der Waals surface area contributed by atoms with E-state index in [1.807, 2.05) is 24.1 Å². The smallest absolute Gasteiger partial charge is 0.288 e. The zero-order valence-electron chi connectivity index (χ0n) is 12.3. The number of nitrogens with one attached hydrogen (secondary N) is 1. The van der Waals surface area contributed by atoms with E-state index in [9.17, 15) is 13.6 Å². The van der Waals surface area contributed by atoms with Crippen molar-refractivity contribution in [2.24, 2.45) is 0 Å². The number of carbonyl (C=O) groups is 1. The summed E-state index contributed by atoms with van der Waals surface area (Å²) in [5.41, 5.74) is 0.398. The highest BCUT2D eigenvalue weighted by Crippen LogP contribution is 2.31. The molecule has 23 heavy (non-hydrogen) atoms. The molecule has 124 valence electrons. The number of thioether (sulfide) groups is 1. The van der Waals surface area contributed by atoms with E-state index >= 15 is 0 Å². The van der Waals surface area contributed by atoms with Crippen molar-refractivity contribution in [1.82, 2.24) is 4.90 Å². The normalized spacial score (nSPS) is 11.2. The molecule has 0 fully saturated rings. The third kappa shape index (κ3) is 6.10. The first kappa shape index (κ1) is 18.2. The Morgan fingerprint density at radius 1 is 1.35 bits per heavy atom. The summed E-state index contributed by atoms with van der Waals surface area (Å²) < 4.78 is 25.8. The lowest BCUT2D eigenvalue weighted by Gasteiger charge is -2.16. The topological polar surface area (TPSA) is 32.3 Å². The summed E-state index contributed by atoms with van der Waals surface area (Å²) in [7, 11) is 1.81. The Labute approximate surface area is 146 Å². The number of halogens is 3. The van der Waals surface area contributed by atoms with Crippen LogP contribution >= 0.6 is 34.7 Å². The SMILES string of the molecule is CN(CC(=O)Nc1ccccc1SC(F)F)Cc1ccc(Cl)s1. The van der Waals surface area contributed by atoms with E-state index < -0.39 is 5.76 Å². The van der Waals surface area contributed by atoms with Gasteiger partial charge in [0.1, 0.15) is 0 Å². The monoisotopic (exact) mass is 376 g/mol. The van der Waals surface area contributed by atoms with Crippen LogP contribution in [0.1, 0.15) is 4.88 Å². The van der Waals surface area contributed by atoms with Crippen LogP contribution in [0.25, 0.3) is 0 Å². The molecule has 1 aromatic heterocycles. The molecule has 0 aliphatic heterocycles. The maximum atomic E-state index is 12.5. The lowest BCUT2D eigenvalue weighted by Crippen LogP contribution is -2.29. The predicted octanol–water partition coefficient (Wildman–Crippen LogP) is 4.79. The van der Waals surface area contributed by atoms with Crippen LogP contribution in [0.3, 0.4) is 0 Å². The van der Waals surface area contributed by atoms with Crippen LogP contribution in [-0.2, 0) is 11.3 Å². The molecule has 0 atom stereocenters. The zero-order chi connectivity index (χ0) is 16.8. The highest BCUT2D eigenvalue weighted by atomic mass is 35.5. The molecule has 8 heteroatoms. The lowest BCUT2D eigenvalue weighted by atomic mass is 10.3. The number of carbonyl (C=O) groups excluding carboxylic acids is 1. The van der Waals surface area contributed by atoms with Gasteiger partial charge in [0.2, 0.25) is 5.91 Å². The highest BCUT2D eigenvalue weighted by molar-refractivity contribution is 7.99. The van der Waals surface area contributed by atoms with Crippen molar-refractivity contribution >= 4 is 46.3 Å². The van der Waals surface area contributed by atoms with Crippen molar-refractivity contribution in [2.45, 2.75) is 17.2 Å². The predicted molar refractivity (Wildman–Crippen MR) is 92.6 cm³/mol. The summed E-state index contributed by atoms with van der Waals surface area (Å²) in [5, 5.41) is 2.68. The number of rotatable bonds is 7. The molecule has 1 N–H and O–H groups in total. The molecule has 1 aromatic carbocycles. The minimum atomic E-state index is -2.53. The summed E-state index contributed by atoms with van der Waals surface area (Å²) in [6.45, 7) is 0.751. The molecule has 0 aliphatic carbocycles. The third-order valence-corrected chi connectivity index (χ3v) is 4.85. The number of hydrogen-bond donors (Lipinski definition) is 1. The van der Waals surface area contributed by atoms with Crippen LogP contribution in [0.4, 0.5) is 14.5 Å². The van der Waals surface area contributed by atoms with Crippen LogP contribution in [-0.4, -0.2) is 30.2 Å². The average molecular weight is 377 g/mol. The van der Waals surface area contributed by atoms with Gasteiger partial charge in [-0.2, -0.15) is 8.78 Å². The summed E-state index contributed by atoms with van der Waals surface area (Å²) >= 11 is 7.75. The second kappa shape index (κ2) is 8.63. The molecule has 0 spiro atoms. The standard InChI is InChI=1S/C15H15ClF2N2OS2/c1-20(8-10-6-7-13(16)22-10)9-14(21)19-11-4-2-3-5-12(11)23-15(17)18/h2-7,15H,8-9H2,1H3,(H,19,21). The highest BCUT2D eigenvalue weighted by Gasteiger charge is 2.13. The van der Waals surface area contributed by atoms with Gasteiger partial charge in [0.15, 0.2) is 0 Å². The molecule has 0 bridgehead atoms. The molecule has 3 nitrogen and oxygen atoms in total. The Bertz CT molecular complexity index is 666. The fourth-order valence-corrected chi connectivity index (χ4v) is 3.73. The van der Waals surface area contributed by atoms with Crippen molar-refractivity contribution < 1.29 is 13.6 Å². The van der Waals surface area contributed by atoms with Crippen molar-refractivity contribution in [3.8, 4) is 0 Å². The number of nitrogens with zero attached hydrogens (tertiary/aromatic N) is 1. The minimum absolute atomic E-state index is 0.156. The maximum Gasteiger partial charge on any atom is 0.288 e. The molecule has 0 saturated carbocycles. The van der Waals surface area contributed by atoms with Gasteiger partial charge in [-0.15, -0.1) is 11.3 Å². The van der Waals surface area contributed by atoms with E-state index in [1.165, 1.54) is 11.3 Å². The molecule has 2 rings (SSSR count).